The van der Waals surface area contributed by atoms with E-state index in [9.17, 15) is 14.4 Å². The SMILES string of the molecule is COc1cccc(C23C(=O)CC2C(=O)N(C)C3=O)c1. The third-order valence-corrected chi connectivity index (χ3v) is 4.15. The second-order valence-corrected chi connectivity index (χ2v) is 4.92. The summed E-state index contributed by atoms with van der Waals surface area (Å²) < 4.78 is 5.12. The highest BCUT2D eigenvalue weighted by Gasteiger charge is 2.70. The zero-order valence-corrected chi connectivity index (χ0v) is 10.7. The Morgan fingerprint density at radius 3 is 2.63 bits per heavy atom. The Bertz CT molecular complexity index is 609. The van der Waals surface area contributed by atoms with Crippen LogP contribution in [0.15, 0.2) is 24.3 Å². The number of rotatable bonds is 2. The molecule has 98 valence electrons. The number of carbonyl (C=O) groups is 3. The smallest absolute Gasteiger partial charge is 0.247 e. The second kappa shape index (κ2) is 3.66. The van der Waals surface area contributed by atoms with Gasteiger partial charge in [-0.15, -0.1) is 0 Å². The highest BCUT2D eigenvalue weighted by Crippen LogP contribution is 2.52. The molecule has 2 atom stereocenters. The number of hydrogen-bond donors (Lipinski definition) is 0. The fraction of sp³-hybridized carbons (Fsp3) is 0.357. The zero-order chi connectivity index (χ0) is 13.8. The van der Waals surface area contributed by atoms with Crippen LogP contribution in [-0.4, -0.2) is 36.7 Å². The predicted octanol–water partition coefficient (Wildman–Crippen LogP) is 0.521. The van der Waals surface area contributed by atoms with Gasteiger partial charge in [-0.2, -0.15) is 0 Å². The van der Waals surface area contributed by atoms with Crippen LogP contribution in [0.4, 0.5) is 0 Å². The van der Waals surface area contributed by atoms with Crippen molar-refractivity contribution >= 4 is 17.6 Å². The average molecular weight is 259 g/mol. The number of methoxy groups -OCH3 is 1. The van der Waals surface area contributed by atoms with Crippen molar-refractivity contribution in [2.24, 2.45) is 5.92 Å². The van der Waals surface area contributed by atoms with Gasteiger partial charge in [0.1, 0.15) is 11.2 Å². The van der Waals surface area contributed by atoms with Gasteiger partial charge in [-0.05, 0) is 17.7 Å². The third-order valence-electron chi connectivity index (χ3n) is 4.15. The van der Waals surface area contributed by atoms with E-state index in [1.165, 1.54) is 14.2 Å². The van der Waals surface area contributed by atoms with E-state index in [0.717, 1.165) is 4.90 Å². The zero-order valence-electron chi connectivity index (χ0n) is 10.7. The van der Waals surface area contributed by atoms with Gasteiger partial charge in [0.05, 0.1) is 13.0 Å². The largest absolute Gasteiger partial charge is 0.497 e. The fourth-order valence-corrected chi connectivity index (χ4v) is 3.06. The molecule has 0 spiro atoms. The average Bonchev–Trinajstić information content (AvgIpc) is 2.57. The number of Topliss-reactive ketones (excluding diaryl/α,β-unsaturated/α-hetero) is 1. The molecule has 0 bridgehead atoms. The molecule has 5 heteroatoms. The molecule has 1 aromatic rings. The lowest BCUT2D eigenvalue weighted by atomic mass is 9.57. The van der Waals surface area contributed by atoms with Crippen molar-refractivity contribution in [1.29, 1.82) is 0 Å². The van der Waals surface area contributed by atoms with Crippen LogP contribution in [0.2, 0.25) is 0 Å². The summed E-state index contributed by atoms with van der Waals surface area (Å²) in [6, 6.07) is 6.83. The Labute approximate surface area is 110 Å². The summed E-state index contributed by atoms with van der Waals surface area (Å²) in [5.41, 5.74) is -0.754. The van der Waals surface area contributed by atoms with Crippen molar-refractivity contribution in [3.63, 3.8) is 0 Å². The van der Waals surface area contributed by atoms with Crippen LogP contribution >= 0.6 is 0 Å². The molecule has 1 saturated heterocycles. The van der Waals surface area contributed by atoms with E-state index < -0.39 is 17.2 Å². The number of carbonyl (C=O) groups excluding carboxylic acids is 3. The van der Waals surface area contributed by atoms with Crippen molar-refractivity contribution in [3.05, 3.63) is 29.8 Å². The normalized spacial score (nSPS) is 29.3. The van der Waals surface area contributed by atoms with E-state index in [-0.39, 0.29) is 18.1 Å². The maximum Gasteiger partial charge on any atom is 0.247 e. The Kier molecular flexibility index (Phi) is 2.29. The van der Waals surface area contributed by atoms with Crippen LogP contribution in [0.5, 0.6) is 5.75 Å². The lowest BCUT2D eigenvalue weighted by molar-refractivity contribution is -0.146. The molecule has 2 aliphatic rings. The molecule has 0 aromatic heterocycles. The molecule has 2 unspecified atom stereocenters. The van der Waals surface area contributed by atoms with E-state index in [1.807, 2.05) is 0 Å². The second-order valence-electron chi connectivity index (χ2n) is 4.92. The van der Waals surface area contributed by atoms with Crippen molar-refractivity contribution < 1.29 is 19.1 Å². The van der Waals surface area contributed by atoms with Crippen molar-refractivity contribution in [2.45, 2.75) is 11.8 Å². The van der Waals surface area contributed by atoms with Crippen LogP contribution in [0.1, 0.15) is 12.0 Å². The van der Waals surface area contributed by atoms with Gasteiger partial charge < -0.3 is 4.74 Å². The van der Waals surface area contributed by atoms with Crippen LogP contribution < -0.4 is 4.74 Å². The van der Waals surface area contributed by atoms with Gasteiger partial charge in [-0.25, -0.2) is 0 Å². The minimum Gasteiger partial charge on any atom is -0.497 e. The van der Waals surface area contributed by atoms with Gasteiger partial charge in [0, 0.05) is 13.5 Å². The maximum absolute atomic E-state index is 12.4. The molecule has 2 fully saturated rings. The summed E-state index contributed by atoms with van der Waals surface area (Å²) in [5, 5.41) is 0. The summed E-state index contributed by atoms with van der Waals surface area (Å²) in [6.45, 7) is 0. The van der Waals surface area contributed by atoms with Crippen molar-refractivity contribution in [1.82, 2.24) is 4.90 Å². The monoisotopic (exact) mass is 259 g/mol. The number of likely N-dealkylation sites (tertiary alicyclic amines) is 1. The molecule has 1 aromatic carbocycles. The van der Waals surface area contributed by atoms with Gasteiger partial charge in [0.25, 0.3) is 0 Å². The predicted molar refractivity (Wildman–Crippen MR) is 65.6 cm³/mol. The number of ether oxygens (including phenoxy) is 1. The Morgan fingerprint density at radius 2 is 2.05 bits per heavy atom. The molecule has 5 nitrogen and oxygen atoms in total. The molecule has 1 saturated carbocycles. The van der Waals surface area contributed by atoms with Gasteiger partial charge in [0.15, 0.2) is 5.78 Å². The highest BCUT2D eigenvalue weighted by molar-refractivity contribution is 6.28. The van der Waals surface area contributed by atoms with E-state index in [1.54, 1.807) is 24.3 Å². The molecule has 1 aliphatic heterocycles. The molecule has 2 amide bonds. The number of likely N-dealkylation sites (N-methyl/N-ethyl adjacent to an activating group) is 1. The van der Waals surface area contributed by atoms with Crippen molar-refractivity contribution in [2.75, 3.05) is 14.2 Å². The third kappa shape index (κ3) is 1.22. The molecular formula is C14H13NO4. The summed E-state index contributed by atoms with van der Waals surface area (Å²) in [7, 11) is 2.95. The minimum absolute atomic E-state index is 0.145. The first-order valence-corrected chi connectivity index (χ1v) is 6.03. The first-order valence-electron chi connectivity index (χ1n) is 6.03. The summed E-state index contributed by atoms with van der Waals surface area (Å²) in [5.74, 6) is -0.863. The molecular weight excluding hydrogens is 246 g/mol. The Balaban J connectivity index is 2.18. The first kappa shape index (κ1) is 11.9. The summed E-state index contributed by atoms with van der Waals surface area (Å²) in [6.07, 6.45) is 0.145. The highest BCUT2D eigenvalue weighted by atomic mass is 16.5. The van der Waals surface area contributed by atoms with Crippen LogP contribution in [-0.2, 0) is 19.8 Å². The standard InChI is InChI=1S/C14H13NO4/c1-15-12(17)10-7-11(16)14(10,13(15)18)8-4-3-5-9(6-8)19-2/h3-6,10H,7H2,1-2H3. The lowest BCUT2D eigenvalue weighted by Crippen LogP contribution is -2.56. The first-order chi connectivity index (χ1) is 9.03. The number of amides is 2. The number of nitrogens with zero attached hydrogens (tertiary/aromatic N) is 1. The van der Waals surface area contributed by atoms with Gasteiger partial charge >= 0.3 is 0 Å². The van der Waals surface area contributed by atoms with Crippen LogP contribution in [0.25, 0.3) is 0 Å². The maximum atomic E-state index is 12.4. The number of ketones is 1. The van der Waals surface area contributed by atoms with Gasteiger partial charge in [0.2, 0.25) is 11.8 Å². The fourth-order valence-electron chi connectivity index (χ4n) is 3.06. The van der Waals surface area contributed by atoms with Crippen LogP contribution in [0, 0.1) is 5.92 Å². The van der Waals surface area contributed by atoms with E-state index in [0.29, 0.717) is 11.3 Å². The molecule has 0 N–H and O–H groups in total. The Morgan fingerprint density at radius 1 is 1.32 bits per heavy atom. The molecule has 3 rings (SSSR count). The van der Waals surface area contributed by atoms with Gasteiger partial charge in [-0.3, -0.25) is 19.3 Å². The lowest BCUT2D eigenvalue weighted by Gasteiger charge is -2.38. The Hall–Kier alpha value is -2.17. The van der Waals surface area contributed by atoms with Crippen molar-refractivity contribution in [3.8, 4) is 5.75 Å². The quantitative estimate of drug-likeness (QED) is 0.574. The minimum atomic E-state index is -1.31. The topological polar surface area (TPSA) is 63.7 Å². The number of benzene rings is 1. The molecule has 0 radical (unpaired) electrons. The van der Waals surface area contributed by atoms with Crippen LogP contribution in [0.3, 0.4) is 0 Å². The molecule has 1 heterocycles. The number of hydrogen-bond acceptors (Lipinski definition) is 4. The number of imide groups is 1. The van der Waals surface area contributed by atoms with E-state index in [2.05, 4.69) is 0 Å². The summed E-state index contributed by atoms with van der Waals surface area (Å²) in [4.78, 5) is 37.5. The molecule has 1 aliphatic carbocycles. The molecule has 19 heavy (non-hydrogen) atoms. The van der Waals surface area contributed by atoms with E-state index >= 15 is 0 Å². The summed E-state index contributed by atoms with van der Waals surface area (Å²) >= 11 is 0. The van der Waals surface area contributed by atoms with E-state index in [4.69, 9.17) is 4.74 Å². The number of fused-ring (bicyclic) bond motifs is 1. The van der Waals surface area contributed by atoms with Gasteiger partial charge in [-0.1, -0.05) is 12.1 Å².